The highest BCUT2D eigenvalue weighted by atomic mass is 32.2. The molecule has 3 amide bonds. The summed E-state index contributed by atoms with van der Waals surface area (Å²) in [6, 6.07) is 22.1. The normalized spacial score (nSPS) is 16.9. The molecule has 1 aliphatic carbocycles. The van der Waals surface area contributed by atoms with E-state index in [9.17, 15) is 22.8 Å². The first-order valence-electron chi connectivity index (χ1n) is 13.6. The molecule has 9 heteroatoms. The summed E-state index contributed by atoms with van der Waals surface area (Å²) in [5.74, 6) is -1.64. The molecule has 5 rings (SSSR count). The number of carbonyl (C=O) groups excluding carboxylic acids is 3. The van der Waals surface area contributed by atoms with Crippen molar-refractivity contribution in [3.05, 3.63) is 101 Å². The average Bonchev–Trinajstić information content (AvgIpc) is 3.52. The van der Waals surface area contributed by atoms with Gasteiger partial charge in [0.2, 0.25) is 11.8 Å². The Labute approximate surface area is 235 Å². The van der Waals surface area contributed by atoms with Crippen LogP contribution in [-0.2, 0) is 32.6 Å². The minimum atomic E-state index is -4.19. The first kappa shape index (κ1) is 27.6. The number of sulfonamides is 1. The van der Waals surface area contributed by atoms with Crippen molar-refractivity contribution in [2.45, 2.75) is 62.6 Å². The van der Waals surface area contributed by atoms with Gasteiger partial charge in [-0.3, -0.25) is 14.4 Å². The lowest BCUT2D eigenvalue weighted by Gasteiger charge is -2.33. The molecule has 208 valence electrons. The number of carbonyl (C=O) groups is 3. The third kappa shape index (κ3) is 5.79. The molecule has 0 aromatic heterocycles. The summed E-state index contributed by atoms with van der Waals surface area (Å²) in [5.41, 5.74) is 2.71. The fraction of sp³-hybridized carbons (Fsp3) is 0.323. The summed E-state index contributed by atoms with van der Waals surface area (Å²) < 4.78 is 27.1. The van der Waals surface area contributed by atoms with Gasteiger partial charge < -0.3 is 10.2 Å². The van der Waals surface area contributed by atoms with Gasteiger partial charge in [0, 0.05) is 19.0 Å². The highest BCUT2D eigenvalue weighted by Gasteiger charge is 2.43. The fourth-order valence-corrected chi connectivity index (χ4v) is 7.05. The standard InChI is InChI=1S/C31H33N3O5S/c1-22-10-9-13-24(18-22)20-33(29(35)21-34-31(37)26-16-7-8-17-28(26)40(34,38)39)27(19-23-11-3-2-4-12-23)30(36)32-25-14-5-6-15-25/h2-4,7-13,16-18,25,27H,5-6,14-15,19-21H2,1H3,(H,32,36)/t27-/m1/s1. The van der Waals surface area contributed by atoms with Crippen LogP contribution in [0.5, 0.6) is 0 Å². The van der Waals surface area contributed by atoms with E-state index in [2.05, 4.69) is 5.32 Å². The van der Waals surface area contributed by atoms with E-state index in [-0.39, 0.29) is 35.4 Å². The quantitative estimate of drug-likeness (QED) is 0.429. The van der Waals surface area contributed by atoms with Crippen molar-refractivity contribution in [2.24, 2.45) is 0 Å². The van der Waals surface area contributed by atoms with Crippen LogP contribution >= 0.6 is 0 Å². The molecule has 1 heterocycles. The Morgan fingerprint density at radius 3 is 2.33 bits per heavy atom. The second-order valence-electron chi connectivity index (χ2n) is 10.5. The molecule has 0 saturated heterocycles. The second-order valence-corrected chi connectivity index (χ2v) is 12.3. The van der Waals surface area contributed by atoms with Crippen molar-refractivity contribution in [1.82, 2.24) is 14.5 Å². The Morgan fingerprint density at radius 2 is 1.62 bits per heavy atom. The van der Waals surface area contributed by atoms with Gasteiger partial charge in [-0.1, -0.05) is 85.1 Å². The lowest BCUT2D eigenvalue weighted by molar-refractivity contribution is -0.141. The summed E-state index contributed by atoms with van der Waals surface area (Å²) in [5, 5.41) is 3.13. The van der Waals surface area contributed by atoms with Crippen LogP contribution in [-0.4, -0.2) is 54.0 Å². The van der Waals surface area contributed by atoms with E-state index in [0.29, 0.717) is 4.31 Å². The number of hydrogen-bond acceptors (Lipinski definition) is 5. The van der Waals surface area contributed by atoms with Crippen molar-refractivity contribution in [2.75, 3.05) is 6.54 Å². The van der Waals surface area contributed by atoms with E-state index >= 15 is 0 Å². The predicted octanol–water partition coefficient (Wildman–Crippen LogP) is 3.84. The van der Waals surface area contributed by atoms with Gasteiger partial charge in [-0.2, -0.15) is 0 Å². The molecule has 1 saturated carbocycles. The second kappa shape index (κ2) is 11.6. The average molecular weight is 560 g/mol. The number of nitrogens with zero attached hydrogens (tertiary/aromatic N) is 2. The third-order valence-corrected chi connectivity index (χ3v) is 9.39. The van der Waals surface area contributed by atoms with Gasteiger partial charge in [-0.05, 0) is 43.0 Å². The van der Waals surface area contributed by atoms with Crippen LogP contribution in [0.4, 0.5) is 0 Å². The molecule has 1 atom stereocenters. The lowest BCUT2D eigenvalue weighted by Crippen LogP contribution is -2.54. The molecule has 8 nitrogen and oxygen atoms in total. The summed E-state index contributed by atoms with van der Waals surface area (Å²) >= 11 is 0. The first-order valence-corrected chi connectivity index (χ1v) is 15.0. The smallest absolute Gasteiger partial charge is 0.269 e. The molecule has 40 heavy (non-hydrogen) atoms. The highest BCUT2D eigenvalue weighted by Crippen LogP contribution is 2.30. The Balaban J connectivity index is 1.50. The Hall–Kier alpha value is -3.98. The number of aryl methyl sites for hydroxylation is 1. The zero-order chi connectivity index (χ0) is 28.3. The number of fused-ring (bicyclic) bond motifs is 1. The van der Waals surface area contributed by atoms with Crippen LogP contribution in [0.15, 0.2) is 83.8 Å². The van der Waals surface area contributed by atoms with E-state index < -0.39 is 34.4 Å². The van der Waals surface area contributed by atoms with E-state index in [0.717, 1.165) is 42.4 Å². The molecule has 1 N–H and O–H groups in total. The van der Waals surface area contributed by atoms with E-state index in [1.165, 1.54) is 17.0 Å². The maximum absolute atomic E-state index is 14.0. The zero-order valence-corrected chi connectivity index (χ0v) is 23.3. The third-order valence-electron chi connectivity index (χ3n) is 7.60. The van der Waals surface area contributed by atoms with Crippen molar-refractivity contribution in [1.29, 1.82) is 0 Å². The van der Waals surface area contributed by atoms with Gasteiger partial charge >= 0.3 is 0 Å². The summed E-state index contributed by atoms with van der Waals surface area (Å²) in [6.45, 7) is 1.34. The van der Waals surface area contributed by atoms with E-state index in [1.807, 2.05) is 61.5 Å². The molecule has 0 radical (unpaired) electrons. The predicted molar refractivity (Wildman–Crippen MR) is 151 cm³/mol. The van der Waals surface area contributed by atoms with Gasteiger partial charge in [-0.25, -0.2) is 12.7 Å². The van der Waals surface area contributed by atoms with Crippen LogP contribution < -0.4 is 5.32 Å². The molecule has 0 unspecified atom stereocenters. The number of rotatable bonds is 9. The molecule has 1 aliphatic heterocycles. The summed E-state index contributed by atoms with van der Waals surface area (Å²) in [6.07, 6.45) is 4.09. The Morgan fingerprint density at radius 1 is 0.950 bits per heavy atom. The topological polar surface area (TPSA) is 104 Å². The van der Waals surface area contributed by atoms with Crippen molar-refractivity contribution in [3.63, 3.8) is 0 Å². The maximum Gasteiger partial charge on any atom is 0.269 e. The molecular weight excluding hydrogens is 526 g/mol. The molecule has 0 bridgehead atoms. The minimum absolute atomic E-state index is 0.0386. The number of nitrogens with one attached hydrogen (secondary N) is 1. The van der Waals surface area contributed by atoms with Gasteiger partial charge in [0.05, 0.1) is 5.56 Å². The summed E-state index contributed by atoms with van der Waals surface area (Å²) in [4.78, 5) is 42.3. The maximum atomic E-state index is 14.0. The van der Waals surface area contributed by atoms with Gasteiger partial charge in [0.1, 0.15) is 17.5 Å². The van der Waals surface area contributed by atoms with E-state index in [1.54, 1.807) is 12.1 Å². The molecule has 3 aromatic rings. The fourth-order valence-electron chi connectivity index (χ4n) is 5.53. The van der Waals surface area contributed by atoms with Crippen LogP contribution in [0, 0.1) is 6.92 Å². The van der Waals surface area contributed by atoms with Gasteiger partial charge in [0.25, 0.3) is 15.9 Å². The summed E-state index contributed by atoms with van der Waals surface area (Å²) in [7, 11) is -4.19. The number of hydrogen-bond donors (Lipinski definition) is 1. The van der Waals surface area contributed by atoms with Gasteiger partial charge in [0.15, 0.2) is 0 Å². The monoisotopic (exact) mass is 559 g/mol. The molecule has 1 fully saturated rings. The molecule has 3 aromatic carbocycles. The zero-order valence-electron chi connectivity index (χ0n) is 22.5. The number of benzene rings is 3. The number of amides is 3. The highest BCUT2D eigenvalue weighted by molar-refractivity contribution is 7.90. The van der Waals surface area contributed by atoms with Crippen LogP contribution in [0.2, 0.25) is 0 Å². The first-order chi connectivity index (χ1) is 19.2. The van der Waals surface area contributed by atoms with Crippen molar-refractivity contribution in [3.8, 4) is 0 Å². The SMILES string of the molecule is Cc1cccc(CN(C(=O)CN2C(=O)c3ccccc3S2(=O)=O)[C@H](Cc2ccccc2)C(=O)NC2CCCC2)c1. The van der Waals surface area contributed by atoms with Crippen LogP contribution in [0.1, 0.15) is 52.7 Å². The van der Waals surface area contributed by atoms with Crippen molar-refractivity contribution < 1.29 is 22.8 Å². The van der Waals surface area contributed by atoms with Crippen LogP contribution in [0.3, 0.4) is 0 Å². The lowest BCUT2D eigenvalue weighted by atomic mass is 10.0. The molecule has 2 aliphatic rings. The van der Waals surface area contributed by atoms with Crippen LogP contribution in [0.25, 0.3) is 0 Å². The van der Waals surface area contributed by atoms with Gasteiger partial charge in [-0.15, -0.1) is 0 Å². The van der Waals surface area contributed by atoms with E-state index in [4.69, 9.17) is 0 Å². The molecular formula is C31H33N3O5S. The molecule has 0 spiro atoms. The minimum Gasteiger partial charge on any atom is -0.352 e. The van der Waals surface area contributed by atoms with Crippen molar-refractivity contribution >= 4 is 27.7 Å². The Kier molecular flexibility index (Phi) is 8.02. The Bertz CT molecular complexity index is 1520. The largest absolute Gasteiger partial charge is 0.352 e.